The molecule has 0 fully saturated rings. The van der Waals surface area contributed by atoms with Crippen molar-refractivity contribution in [3.05, 3.63) is 92.9 Å². The molecule has 5 N–H and O–H groups in total. The maximum atomic E-state index is 13.0. The molecule has 0 aliphatic heterocycles. The van der Waals surface area contributed by atoms with Crippen molar-refractivity contribution >= 4 is 66.7 Å². The number of nitrogens with one attached hydrogen (secondary N) is 2. The summed E-state index contributed by atoms with van der Waals surface area (Å²) in [4.78, 5) is 36.9. The number of ether oxygens (including phenoxy) is 1. The lowest BCUT2D eigenvalue weighted by Gasteiger charge is -2.34. The number of anilines is 3. The Balaban J connectivity index is 1.76. The number of phenolic OH excluding ortho intramolecular Hbond substituents is 1. The number of para-hydroxylation sites is 2. The third-order valence-corrected chi connectivity index (χ3v) is 7.32. The summed E-state index contributed by atoms with van der Waals surface area (Å²) >= 11 is 6.80. The predicted octanol–water partition coefficient (Wildman–Crippen LogP) is 7.99. The number of nitrogen functional groups attached to an aromatic ring is 1. The van der Waals surface area contributed by atoms with Crippen LogP contribution in [0, 0.1) is 5.41 Å². The summed E-state index contributed by atoms with van der Waals surface area (Å²) in [6.07, 6.45) is 2.60. The van der Waals surface area contributed by atoms with Gasteiger partial charge in [0, 0.05) is 26.7 Å². The Morgan fingerprint density at radius 1 is 1.05 bits per heavy atom. The molecular formula is C30H31Br2N3O5. The number of amides is 2. The zero-order chi connectivity index (χ0) is 29.4. The molecule has 3 aromatic rings. The number of aromatic hydroxyl groups is 1. The number of hydrogen-bond donors (Lipinski definition) is 4. The second-order valence-electron chi connectivity index (χ2n) is 9.88. The SMILES string of the molecule is CC(=O)c1ccc(NC(=O)O[C@H](c2cc(Br)cc(Br)c2O)C(C)(C)CC/C=C/C(=O)Nc2ccccc2N)cc1. The van der Waals surface area contributed by atoms with Crippen molar-refractivity contribution in [2.24, 2.45) is 5.41 Å². The minimum Gasteiger partial charge on any atom is -0.506 e. The third-order valence-electron chi connectivity index (χ3n) is 6.26. The summed E-state index contributed by atoms with van der Waals surface area (Å²) in [5, 5.41) is 16.3. The van der Waals surface area contributed by atoms with E-state index in [0.29, 0.717) is 50.0 Å². The molecule has 1 atom stereocenters. The number of phenols is 1. The highest BCUT2D eigenvalue weighted by molar-refractivity contribution is 9.11. The van der Waals surface area contributed by atoms with Gasteiger partial charge in [0.1, 0.15) is 11.9 Å². The fourth-order valence-electron chi connectivity index (χ4n) is 4.03. The number of rotatable bonds is 10. The molecule has 0 radical (unpaired) electrons. The third kappa shape index (κ3) is 8.43. The first-order valence-electron chi connectivity index (χ1n) is 12.5. The minimum absolute atomic E-state index is 0.0461. The first-order chi connectivity index (χ1) is 18.9. The summed E-state index contributed by atoms with van der Waals surface area (Å²) in [6.45, 7) is 5.30. The monoisotopic (exact) mass is 671 g/mol. The van der Waals surface area contributed by atoms with Gasteiger partial charge in [-0.25, -0.2) is 4.79 Å². The van der Waals surface area contributed by atoms with E-state index in [1.807, 2.05) is 13.8 Å². The van der Waals surface area contributed by atoms with Crippen LogP contribution in [-0.2, 0) is 9.53 Å². The van der Waals surface area contributed by atoms with E-state index in [4.69, 9.17) is 10.5 Å². The van der Waals surface area contributed by atoms with E-state index in [2.05, 4.69) is 42.5 Å². The Bertz CT molecular complexity index is 1420. The van der Waals surface area contributed by atoms with Gasteiger partial charge < -0.3 is 20.9 Å². The van der Waals surface area contributed by atoms with Crippen molar-refractivity contribution in [1.29, 1.82) is 0 Å². The highest BCUT2D eigenvalue weighted by Crippen LogP contribution is 2.46. The topological polar surface area (TPSA) is 131 Å². The van der Waals surface area contributed by atoms with Crippen LogP contribution < -0.4 is 16.4 Å². The number of carbonyl (C=O) groups is 3. The number of Topliss-reactive ketones (excluding diaryl/α,β-unsaturated/α-hetero) is 1. The lowest BCUT2D eigenvalue weighted by molar-refractivity contribution is -0.111. The maximum absolute atomic E-state index is 13.0. The Kier molecular flexibility index (Phi) is 10.5. The normalized spacial score (nSPS) is 12.1. The van der Waals surface area contributed by atoms with Crippen LogP contribution in [0.3, 0.4) is 0 Å². The molecule has 10 heteroatoms. The first-order valence-corrected chi connectivity index (χ1v) is 14.0. The van der Waals surface area contributed by atoms with Crippen molar-refractivity contribution in [3.63, 3.8) is 0 Å². The number of carbonyl (C=O) groups excluding carboxylic acids is 3. The van der Waals surface area contributed by atoms with Gasteiger partial charge in [-0.15, -0.1) is 0 Å². The molecule has 3 aromatic carbocycles. The molecule has 0 heterocycles. The summed E-state index contributed by atoms with van der Waals surface area (Å²) in [5.41, 5.74) is 7.61. The molecule has 0 bridgehead atoms. The highest BCUT2D eigenvalue weighted by atomic mass is 79.9. The molecule has 0 aliphatic rings. The molecule has 0 saturated carbocycles. The molecule has 2 amide bonds. The molecule has 0 saturated heterocycles. The van der Waals surface area contributed by atoms with Crippen molar-refractivity contribution in [1.82, 2.24) is 0 Å². The van der Waals surface area contributed by atoms with Crippen molar-refractivity contribution in [2.75, 3.05) is 16.4 Å². The van der Waals surface area contributed by atoms with E-state index in [-0.39, 0.29) is 17.4 Å². The zero-order valence-corrected chi connectivity index (χ0v) is 25.5. The second-order valence-corrected chi connectivity index (χ2v) is 11.6. The van der Waals surface area contributed by atoms with Gasteiger partial charge in [0.05, 0.1) is 15.8 Å². The van der Waals surface area contributed by atoms with Gasteiger partial charge in [0.25, 0.3) is 0 Å². The number of benzene rings is 3. The van der Waals surface area contributed by atoms with Gasteiger partial charge in [0.15, 0.2) is 5.78 Å². The van der Waals surface area contributed by atoms with Crippen molar-refractivity contribution < 1.29 is 24.2 Å². The molecule has 0 unspecified atom stereocenters. The van der Waals surface area contributed by atoms with E-state index in [1.54, 1.807) is 66.7 Å². The fraction of sp³-hybridized carbons (Fsp3) is 0.233. The number of halogens is 2. The van der Waals surface area contributed by atoms with Crippen LogP contribution in [0.5, 0.6) is 5.75 Å². The fourth-order valence-corrected chi connectivity index (χ4v) is 5.29. The Morgan fingerprint density at radius 2 is 1.73 bits per heavy atom. The van der Waals surface area contributed by atoms with Gasteiger partial charge in [-0.05, 0) is 90.3 Å². The molecular weight excluding hydrogens is 642 g/mol. The molecule has 0 aromatic heterocycles. The van der Waals surface area contributed by atoms with Crippen LogP contribution in [-0.4, -0.2) is 22.9 Å². The summed E-state index contributed by atoms with van der Waals surface area (Å²) < 4.78 is 7.04. The predicted molar refractivity (Wildman–Crippen MR) is 164 cm³/mol. The van der Waals surface area contributed by atoms with E-state index in [0.717, 1.165) is 0 Å². The summed E-state index contributed by atoms with van der Waals surface area (Å²) in [7, 11) is 0. The maximum Gasteiger partial charge on any atom is 0.412 e. The van der Waals surface area contributed by atoms with Crippen LogP contribution >= 0.6 is 31.9 Å². The smallest absolute Gasteiger partial charge is 0.412 e. The van der Waals surface area contributed by atoms with Gasteiger partial charge in [-0.2, -0.15) is 0 Å². The quantitative estimate of drug-likeness (QED) is 0.0981. The van der Waals surface area contributed by atoms with Crippen molar-refractivity contribution in [3.8, 4) is 5.75 Å². The molecule has 0 spiro atoms. The average molecular weight is 673 g/mol. The average Bonchev–Trinajstić information content (AvgIpc) is 2.89. The van der Waals surface area contributed by atoms with Crippen LogP contribution in [0.2, 0.25) is 0 Å². The van der Waals surface area contributed by atoms with Crippen molar-refractivity contribution in [2.45, 2.75) is 39.7 Å². The minimum atomic E-state index is -0.857. The zero-order valence-electron chi connectivity index (χ0n) is 22.3. The van der Waals surface area contributed by atoms with E-state index < -0.39 is 17.6 Å². The Morgan fingerprint density at radius 3 is 2.38 bits per heavy atom. The van der Waals surface area contributed by atoms with Crippen LogP contribution in [0.15, 0.2) is 81.8 Å². The van der Waals surface area contributed by atoms with E-state index >= 15 is 0 Å². The van der Waals surface area contributed by atoms with Gasteiger partial charge in [-0.3, -0.25) is 14.9 Å². The standard InChI is InChI=1S/C30H31Br2N3O5/c1-18(36)19-11-13-21(14-12-19)34-29(39)40-28(22-16-20(31)17-23(32)27(22)38)30(2,3)15-7-6-10-26(37)35-25-9-5-4-8-24(25)33/h4-6,8-14,16-17,28,38H,7,15,33H2,1-3H3,(H,34,39)(H,35,37)/b10-6+/t28-/m1/s1. The van der Waals surface area contributed by atoms with Gasteiger partial charge >= 0.3 is 6.09 Å². The molecule has 210 valence electrons. The lowest BCUT2D eigenvalue weighted by Crippen LogP contribution is -2.29. The first kappa shape index (κ1) is 30.9. The van der Waals surface area contributed by atoms with Gasteiger partial charge in [0.2, 0.25) is 5.91 Å². The Hall–Kier alpha value is -3.63. The second kappa shape index (κ2) is 13.6. The summed E-state index contributed by atoms with van der Waals surface area (Å²) in [6, 6.07) is 16.9. The number of nitrogens with two attached hydrogens (primary N) is 1. The molecule has 8 nitrogen and oxygen atoms in total. The molecule has 40 heavy (non-hydrogen) atoms. The van der Waals surface area contributed by atoms with Gasteiger partial charge in [-0.1, -0.05) is 48.0 Å². The van der Waals surface area contributed by atoms with Crippen LogP contribution in [0.1, 0.15) is 55.6 Å². The Labute approximate surface area is 250 Å². The highest BCUT2D eigenvalue weighted by Gasteiger charge is 2.36. The van der Waals surface area contributed by atoms with Crippen LogP contribution in [0.4, 0.5) is 21.9 Å². The summed E-state index contributed by atoms with van der Waals surface area (Å²) in [5.74, 6) is -0.440. The largest absolute Gasteiger partial charge is 0.506 e. The number of allylic oxidation sites excluding steroid dienone is 1. The molecule has 3 rings (SSSR count). The number of ketones is 1. The lowest BCUT2D eigenvalue weighted by atomic mass is 9.78. The van der Waals surface area contributed by atoms with E-state index in [1.165, 1.54) is 13.0 Å². The number of hydrogen-bond acceptors (Lipinski definition) is 6. The molecule has 0 aliphatic carbocycles. The van der Waals surface area contributed by atoms with Crippen LogP contribution in [0.25, 0.3) is 0 Å². The van der Waals surface area contributed by atoms with E-state index in [9.17, 15) is 19.5 Å².